The van der Waals surface area contributed by atoms with Crippen molar-refractivity contribution in [3.8, 4) is 5.88 Å². The number of nitrogens with zero attached hydrogens (tertiary/aromatic N) is 2. The van der Waals surface area contributed by atoms with Crippen LogP contribution in [0.3, 0.4) is 0 Å². The molecule has 0 atom stereocenters. The third kappa shape index (κ3) is 4.32. The van der Waals surface area contributed by atoms with E-state index in [-0.39, 0.29) is 6.03 Å². The van der Waals surface area contributed by atoms with Crippen LogP contribution < -0.4 is 10.1 Å². The van der Waals surface area contributed by atoms with E-state index < -0.39 is 0 Å². The Hall–Kier alpha value is -2.60. The Bertz CT molecular complexity index is 792. The van der Waals surface area contributed by atoms with Crippen molar-refractivity contribution >= 4 is 11.7 Å². The van der Waals surface area contributed by atoms with E-state index in [4.69, 9.17) is 9.47 Å². The lowest BCUT2D eigenvalue weighted by Crippen LogP contribution is -2.39. The van der Waals surface area contributed by atoms with Crippen LogP contribution in [-0.4, -0.2) is 42.8 Å². The van der Waals surface area contributed by atoms with Crippen LogP contribution in [0.4, 0.5) is 10.5 Å². The number of carbonyl (C=O) groups excluding carboxylic acids is 1. The molecular formula is C20H25N3O3. The van der Waals surface area contributed by atoms with Crippen molar-refractivity contribution in [1.29, 1.82) is 0 Å². The van der Waals surface area contributed by atoms with Gasteiger partial charge in [0.2, 0.25) is 5.88 Å². The molecule has 0 bridgehead atoms. The van der Waals surface area contributed by atoms with Gasteiger partial charge in [-0.3, -0.25) is 0 Å². The van der Waals surface area contributed by atoms with E-state index >= 15 is 0 Å². The molecule has 6 nitrogen and oxygen atoms in total. The van der Waals surface area contributed by atoms with Gasteiger partial charge in [-0.05, 0) is 36.6 Å². The summed E-state index contributed by atoms with van der Waals surface area (Å²) >= 11 is 0. The van der Waals surface area contributed by atoms with Gasteiger partial charge in [0.1, 0.15) is 6.61 Å². The third-order valence-electron chi connectivity index (χ3n) is 4.48. The largest absolute Gasteiger partial charge is 0.475 e. The standard InChI is InChI=1S/C20H25N3O3/c1-14-4-5-15(2)18(12-14)22-20(24)23-9-8-17-16(13-23)6-7-19(21-17)26-11-10-25-3/h4-7,12H,8-11,13H2,1-3H3,(H,22,24). The summed E-state index contributed by atoms with van der Waals surface area (Å²) in [6.07, 6.45) is 0.719. The average molecular weight is 355 g/mol. The molecule has 1 N–H and O–H groups in total. The van der Waals surface area contributed by atoms with Gasteiger partial charge in [0.05, 0.1) is 12.3 Å². The van der Waals surface area contributed by atoms with E-state index in [2.05, 4.69) is 10.3 Å². The minimum absolute atomic E-state index is 0.0789. The number of rotatable bonds is 5. The number of nitrogens with one attached hydrogen (secondary N) is 1. The van der Waals surface area contributed by atoms with Crippen molar-refractivity contribution < 1.29 is 14.3 Å². The summed E-state index contributed by atoms with van der Waals surface area (Å²) in [4.78, 5) is 19.0. The molecule has 3 rings (SSSR count). The topological polar surface area (TPSA) is 63.7 Å². The fourth-order valence-corrected chi connectivity index (χ4v) is 2.94. The molecule has 0 unspecified atom stereocenters. The SMILES string of the molecule is COCCOc1ccc2c(n1)CCN(C(=O)Nc1cc(C)ccc1C)C2. The van der Waals surface area contributed by atoms with Crippen LogP contribution in [0, 0.1) is 13.8 Å². The Morgan fingerprint density at radius 1 is 1.23 bits per heavy atom. The predicted octanol–water partition coefficient (Wildman–Crippen LogP) is 3.31. The highest BCUT2D eigenvalue weighted by atomic mass is 16.5. The van der Waals surface area contributed by atoms with Gasteiger partial charge in [-0.15, -0.1) is 0 Å². The molecule has 1 aromatic heterocycles. The van der Waals surface area contributed by atoms with Crippen LogP contribution in [0.5, 0.6) is 5.88 Å². The van der Waals surface area contributed by atoms with Crippen LogP contribution in [0.1, 0.15) is 22.4 Å². The highest BCUT2D eigenvalue weighted by molar-refractivity contribution is 5.90. The summed E-state index contributed by atoms with van der Waals surface area (Å²) in [5.74, 6) is 0.606. The Labute approximate surface area is 154 Å². The zero-order valence-electron chi connectivity index (χ0n) is 15.5. The van der Waals surface area contributed by atoms with E-state index in [9.17, 15) is 4.79 Å². The van der Waals surface area contributed by atoms with Gasteiger partial charge in [-0.25, -0.2) is 9.78 Å². The molecule has 0 fully saturated rings. The molecular weight excluding hydrogens is 330 g/mol. The Kier molecular flexibility index (Phi) is 5.73. The first-order chi connectivity index (χ1) is 12.6. The number of methoxy groups -OCH3 is 1. The zero-order chi connectivity index (χ0) is 18.5. The van der Waals surface area contributed by atoms with E-state index in [0.717, 1.165) is 34.5 Å². The Balaban J connectivity index is 1.64. The molecule has 0 saturated heterocycles. The highest BCUT2D eigenvalue weighted by Crippen LogP contribution is 2.22. The second kappa shape index (κ2) is 8.19. The first-order valence-corrected chi connectivity index (χ1v) is 8.80. The number of hydrogen-bond acceptors (Lipinski definition) is 4. The van der Waals surface area contributed by atoms with Gasteiger partial charge in [0, 0.05) is 38.4 Å². The lowest BCUT2D eigenvalue weighted by atomic mass is 10.1. The molecule has 0 spiro atoms. The average Bonchev–Trinajstić information content (AvgIpc) is 2.64. The van der Waals surface area contributed by atoms with Gasteiger partial charge in [-0.1, -0.05) is 18.2 Å². The second-order valence-electron chi connectivity index (χ2n) is 6.52. The molecule has 2 amide bonds. The van der Waals surface area contributed by atoms with Crippen molar-refractivity contribution in [2.24, 2.45) is 0 Å². The lowest BCUT2D eigenvalue weighted by molar-refractivity contribution is 0.143. The summed E-state index contributed by atoms with van der Waals surface area (Å²) in [7, 11) is 1.64. The second-order valence-corrected chi connectivity index (χ2v) is 6.52. The number of pyridine rings is 1. The molecule has 0 aliphatic carbocycles. The van der Waals surface area contributed by atoms with E-state index in [1.165, 1.54) is 0 Å². The monoisotopic (exact) mass is 355 g/mol. The van der Waals surface area contributed by atoms with Crippen LogP contribution in [-0.2, 0) is 17.7 Å². The summed E-state index contributed by atoms with van der Waals surface area (Å²) < 4.78 is 10.5. The molecule has 0 saturated carbocycles. The number of carbonyl (C=O) groups is 1. The van der Waals surface area contributed by atoms with Gasteiger partial charge in [0.15, 0.2) is 0 Å². The summed E-state index contributed by atoms with van der Waals surface area (Å²) in [6, 6.07) is 9.81. The van der Waals surface area contributed by atoms with Crippen LogP contribution in [0.25, 0.3) is 0 Å². The minimum Gasteiger partial charge on any atom is -0.475 e. The maximum atomic E-state index is 12.6. The van der Waals surface area contributed by atoms with E-state index in [1.54, 1.807) is 7.11 Å². The number of ether oxygens (including phenoxy) is 2. The van der Waals surface area contributed by atoms with Crippen molar-refractivity contribution in [2.45, 2.75) is 26.8 Å². The molecule has 1 aliphatic rings. The summed E-state index contributed by atoms with van der Waals surface area (Å²) in [5.41, 5.74) is 5.10. The van der Waals surface area contributed by atoms with Crippen molar-refractivity contribution in [1.82, 2.24) is 9.88 Å². The van der Waals surface area contributed by atoms with Crippen molar-refractivity contribution in [2.75, 3.05) is 32.2 Å². The molecule has 0 radical (unpaired) electrons. The fraction of sp³-hybridized carbons (Fsp3) is 0.400. The first kappa shape index (κ1) is 18.2. The maximum absolute atomic E-state index is 12.6. The number of benzene rings is 1. The van der Waals surface area contributed by atoms with E-state index in [0.29, 0.717) is 32.2 Å². The molecule has 2 heterocycles. The highest BCUT2D eigenvalue weighted by Gasteiger charge is 2.22. The summed E-state index contributed by atoms with van der Waals surface area (Å²) in [5, 5.41) is 3.03. The van der Waals surface area contributed by atoms with Crippen LogP contribution >= 0.6 is 0 Å². The van der Waals surface area contributed by atoms with Crippen LogP contribution in [0.2, 0.25) is 0 Å². The van der Waals surface area contributed by atoms with Crippen LogP contribution in [0.15, 0.2) is 30.3 Å². The quantitative estimate of drug-likeness (QED) is 0.836. The number of amides is 2. The fourth-order valence-electron chi connectivity index (χ4n) is 2.94. The number of aromatic nitrogens is 1. The Morgan fingerprint density at radius 2 is 2.08 bits per heavy atom. The molecule has 1 aromatic carbocycles. The van der Waals surface area contributed by atoms with E-state index in [1.807, 2.05) is 49.1 Å². The Morgan fingerprint density at radius 3 is 2.88 bits per heavy atom. The zero-order valence-corrected chi connectivity index (χ0v) is 15.5. The van der Waals surface area contributed by atoms with Gasteiger partial charge in [0.25, 0.3) is 0 Å². The van der Waals surface area contributed by atoms with Gasteiger partial charge >= 0.3 is 6.03 Å². The normalized spacial score (nSPS) is 13.3. The molecule has 2 aromatic rings. The smallest absolute Gasteiger partial charge is 0.322 e. The van der Waals surface area contributed by atoms with Gasteiger partial charge < -0.3 is 19.7 Å². The molecule has 26 heavy (non-hydrogen) atoms. The number of aryl methyl sites for hydroxylation is 2. The maximum Gasteiger partial charge on any atom is 0.322 e. The number of hydrogen-bond donors (Lipinski definition) is 1. The molecule has 1 aliphatic heterocycles. The number of urea groups is 1. The third-order valence-corrected chi connectivity index (χ3v) is 4.48. The lowest BCUT2D eigenvalue weighted by Gasteiger charge is -2.29. The predicted molar refractivity (Wildman–Crippen MR) is 101 cm³/mol. The molecule has 6 heteroatoms. The molecule has 138 valence electrons. The number of fused-ring (bicyclic) bond motifs is 1. The summed E-state index contributed by atoms with van der Waals surface area (Å²) in [6.45, 7) is 6.22. The van der Waals surface area contributed by atoms with Gasteiger partial charge in [-0.2, -0.15) is 0 Å². The first-order valence-electron chi connectivity index (χ1n) is 8.80. The number of anilines is 1. The minimum atomic E-state index is -0.0789. The van der Waals surface area contributed by atoms with Crippen molar-refractivity contribution in [3.63, 3.8) is 0 Å². The van der Waals surface area contributed by atoms with Crippen molar-refractivity contribution in [3.05, 3.63) is 52.7 Å².